The van der Waals surface area contributed by atoms with Gasteiger partial charge < -0.3 is 15.5 Å². The molecule has 7 heteroatoms. The van der Waals surface area contributed by atoms with Crippen LogP contribution in [0.5, 0.6) is 0 Å². The first-order valence-corrected chi connectivity index (χ1v) is 10.1. The summed E-state index contributed by atoms with van der Waals surface area (Å²) >= 11 is 0. The van der Waals surface area contributed by atoms with E-state index in [9.17, 15) is 4.79 Å². The van der Waals surface area contributed by atoms with Gasteiger partial charge in [-0.2, -0.15) is 9.61 Å². The fourth-order valence-corrected chi connectivity index (χ4v) is 3.60. The van der Waals surface area contributed by atoms with Crippen LogP contribution in [-0.4, -0.2) is 40.6 Å². The van der Waals surface area contributed by atoms with Gasteiger partial charge in [0, 0.05) is 60.7 Å². The molecule has 1 saturated carbocycles. The van der Waals surface area contributed by atoms with Gasteiger partial charge in [0.15, 0.2) is 5.65 Å². The van der Waals surface area contributed by atoms with Crippen molar-refractivity contribution in [2.75, 3.05) is 24.3 Å². The minimum absolute atomic E-state index is 0.105. The maximum absolute atomic E-state index is 12.1. The van der Waals surface area contributed by atoms with Crippen LogP contribution in [0, 0.1) is 0 Å². The largest absolute Gasteiger partial charge is 0.378 e. The highest BCUT2D eigenvalue weighted by Crippen LogP contribution is 2.30. The second kappa shape index (κ2) is 7.02. The molecule has 0 spiro atoms. The van der Waals surface area contributed by atoms with Gasteiger partial charge in [-0.05, 0) is 31.1 Å². The van der Waals surface area contributed by atoms with E-state index in [1.165, 1.54) is 0 Å². The summed E-state index contributed by atoms with van der Waals surface area (Å²) in [6.07, 6.45) is 6.48. The molecule has 3 heterocycles. The summed E-state index contributed by atoms with van der Waals surface area (Å²) in [5.74, 6) is 0.810. The first kappa shape index (κ1) is 18.4. The molecule has 152 valence electrons. The highest BCUT2D eigenvalue weighted by Gasteiger charge is 2.24. The van der Waals surface area contributed by atoms with Crippen LogP contribution < -0.4 is 15.5 Å². The van der Waals surface area contributed by atoms with Gasteiger partial charge >= 0.3 is 0 Å². The zero-order valence-corrected chi connectivity index (χ0v) is 17.1. The lowest BCUT2D eigenvalue weighted by Crippen LogP contribution is -2.12. The van der Waals surface area contributed by atoms with Gasteiger partial charge in [-0.1, -0.05) is 18.7 Å². The molecule has 0 radical (unpaired) electrons. The second-order valence-corrected chi connectivity index (χ2v) is 8.13. The van der Waals surface area contributed by atoms with Crippen molar-refractivity contribution in [1.29, 1.82) is 0 Å². The Bertz CT molecular complexity index is 1180. The van der Waals surface area contributed by atoms with Crippen molar-refractivity contribution in [3.63, 3.8) is 0 Å². The number of aromatic nitrogens is 3. The van der Waals surface area contributed by atoms with Crippen LogP contribution >= 0.6 is 0 Å². The van der Waals surface area contributed by atoms with Gasteiger partial charge in [0.05, 0.1) is 11.9 Å². The molecule has 5 rings (SSSR count). The van der Waals surface area contributed by atoms with Gasteiger partial charge in [0.2, 0.25) is 0 Å². The summed E-state index contributed by atoms with van der Waals surface area (Å²) in [6.45, 7) is 3.85. The molecule has 2 aromatic heterocycles. The number of anilines is 2. The third-order valence-electron chi connectivity index (χ3n) is 5.42. The highest BCUT2D eigenvalue weighted by atomic mass is 16.2. The molecule has 0 atom stereocenters. The van der Waals surface area contributed by atoms with Crippen LogP contribution in [-0.2, 0) is 4.79 Å². The van der Waals surface area contributed by atoms with E-state index in [1.54, 1.807) is 6.20 Å². The average molecular weight is 400 g/mol. The van der Waals surface area contributed by atoms with Gasteiger partial charge in [-0.3, -0.25) is 4.79 Å². The predicted molar refractivity (Wildman–Crippen MR) is 119 cm³/mol. The van der Waals surface area contributed by atoms with E-state index in [4.69, 9.17) is 4.98 Å². The molecule has 30 heavy (non-hydrogen) atoms. The maximum atomic E-state index is 12.1. The Hall–Kier alpha value is -3.61. The number of carbonyl (C=O) groups is 1. The summed E-state index contributed by atoms with van der Waals surface area (Å²) in [5, 5.41) is 10.9. The molecule has 1 aromatic carbocycles. The first-order chi connectivity index (χ1) is 14.5. The molecule has 2 fully saturated rings. The normalized spacial score (nSPS) is 17.6. The fraction of sp³-hybridized carbons (Fsp3) is 0.261. The Balaban J connectivity index is 1.61. The first-order valence-electron chi connectivity index (χ1n) is 10.1. The van der Waals surface area contributed by atoms with Gasteiger partial charge in [0.1, 0.15) is 5.82 Å². The third kappa shape index (κ3) is 3.43. The Morgan fingerprint density at radius 2 is 2.03 bits per heavy atom. The number of nitrogens with one attached hydrogen (secondary N) is 2. The van der Waals surface area contributed by atoms with Crippen LogP contribution in [0.25, 0.3) is 23.0 Å². The quantitative estimate of drug-likeness (QED) is 0.642. The van der Waals surface area contributed by atoms with Crippen molar-refractivity contribution in [1.82, 2.24) is 19.9 Å². The van der Waals surface area contributed by atoms with Crippen molar-refractivity contribution in [3.8, 4) is 11.3 Å². The van der Waals surface area contributed by atoms with E-state index >= 15 is 0 Å². The lowest BCUT2D eigenvalue weighted by molar-refractivity contribution is -0.115. The van der Waals surface area contributed by atoms with E-state index < -0.39 is 0 Å². The fourth-order valence-electron chi connectivity index (χ4n) is 3.60. The van der Waals surface area contributed by atoms with Crippen molar-refractivity contribution in [2.24, 2.45) is 0 Å². The standard InChI is InChI=1S/C23H24N6O/c1-14-10-16(23(30)25-14)11-17-13-24-29-21(26-18-6-7-18)12-20(27-22(17)29)15-4-8-19(9-5-15)28(2)3/h4-5,8-9,11-13,18,26H,1,6-7,10H2,2-3H3,(H,25,30)/b16-11+. The molecule has 1 saturated heterocycles. The second-order valence-electron chi connectivity index (χ2n) is 8.13. The number of allylic oxidation sites excluding steroid dienone is 1. The van der Waals surface area contributed by atoms with Crippen molar-refractivity contribution in [3.05, 3.63) is 59.9 Å². The minimum Gasteiger partial charge on any atom is -0.378 e. The molecule has 0 unspecified atom stereocenters. The predicted octanol–water partition coefficient (Wildman–Crippen LogP) is 3.45. The lowest BCUT2D eigenvalue weighted by atomic mass is 10.1. The number of hydrogen-bond acceptors (Lipinski definition) is 5. The number of rotatable bonds is 5. The van der Waals surface area contributed by atoms with Crippen LogP contribution in [0.4, 0.5) is 11.5 Å². The van der Waals surface area contributed by atoms with Crippen LogP contribution in [0.3, 0.4) is 0 Å². The van der Waals surface area contributed by atoms with E-state index in [0.29, 0.717) is 23.7 Å². The number of hydrogen-bond donors (Lipinski definition) is 2. The van der Waals surface area contributed by atoms with E-state index in [2.05, 4.69) is 51.5 Å². The van der Waals surface area contributed by atoms with Crippen molar-refractivity contribution >= 4 is 29.1 Å². The highest BCUT2D eigenvalue weighted by molar-refractivity contribution is 6.02. The average Bonchev–Trinajstić information content (AvgIpc) is 3.36. The SMILES string of the molecule is C=C1C/C(=C\c2cnn3c(NC4CC4)cc(-c4ccc(N(C)C)cc4)nc23)C(=O)N1. The molecule has 3 aromatic rings. The van der Waals surface area contributed by atoms with E-state index in [1.807, 2.05) is 30.8 Å². The molecule has 7 nitrogen and oxygen atoms in total. The summed E-state index contributed by atoms with van der Waals surface area (Å²) in [4.78, 5) is 19.1. The van der Waals surface area contributed by atoms with E-state index in [-0.39, 0.29) is 5.91 Å². The van der Waals surface area contributed by atoms with Crippen LogP contribution in [0.15, 0.2) is 54.4 Å². The summed E-state index contributed by atoms with van der Waals surface area (Å²) in [6, 6.07) is 10.9. The molecule has 0 bridgehead atoms. The zero-order chi connectivity index (χ0) is 20.8. The van der Waals surface area contributed by atoms with Gasteiger partial charge in [-0.15, -0.1) is 0 Å². The minimum atomic E-state index is -0.105. The lowest BCUT2D eigenvalue weighted by Gasteiger charge is -2.13. The molecule has 1 amide bonds. The van der Waals surface area contributed by atoms with Crippen molar-refractivity contribution < 1.29 is 4.79 Å². The number of benzene rings is 1. The molecule has 1 aliphatic carbocycles. The van der Waals surface area contributed by atoms with Gasteiger partial charge in [-0.25, -0.2) is 4.98 Å². The zero-order valence-electron chi connectivity index (χ0n) is 17.1. The molecule has 1 aliphatic heterocycles. The molecule has 2 aliphatic rings. The Morgan fingerprint density at radius 1 is 1.27 bits per heavy atom. The Kier molecular flexibility index (Phi) is 4.31. The molecular weight excluding hydrogens is 376 g/mol. The molecular formula is C23H24N6O. The monoisotopic (exact) mass is 400 g/mol. The topological polar surface area (TPSA) is 74.6 Å². The van der Waals surface area contributed by atoms with Crippen LogP contribution in [0.2, 0.25) is 0 Å². The summed E-state index contributed by atoms with van der Waals surface area (Å²) in [7, 11) is 4.05. The Labute approximate surface area is 175 Å². The van der Waals surface area contributed by atoms with E-state index in [0.717, 1.165) is 46.8 Å². The smallest absolute Gasteiger partial charge is 0.251 e. The third-order valence-corrected chi connectivity index (χ3v) is 5.42. The molecule has 2 N–H and O–H groups in total. The Morgan fingerprint density at radius 3 is 2.67 bits per heavy atom. The maximum Gasteiger partial charge on any atom is 0.251 e. The van der Waals surface area contributed by atoms with Crippen molar-refractivity contribution in [2.45, 2.75) is 25.3 Å². The van der Waals surface area contributed by atoms with Crippen LogP contribution in [0.1, 0.15) is 24.8 Å². The number of amides is 1. The number of fused-ring (bicyclic) bond motifs is 1. The summed E-state index contributed by atoms with van der Waals surface area (Å²) < 4.78 is 1.82. The number of carbonyl (C=O) groups excluding carboxylic acids is 1. The number of nitrogens with zero attached hydrogens (tertiary/aromatic N) is 4. The summed E-state index contributed by atoms with van der Waals surface area (Å²) in [5.41, 5.74) is 5.98. The van der Waals surface area contributed by atoms with Gasteiger partial charge in [0.25, 0.3) is 5.91 Å².